The maximum atomic E-state index is 11.7. The number of hydrogen-bond donors (Lipinski definition) is 2. The van der Waals surface area contributed by atoms with Crippen molar-refractivity contribution >= 4 is 29.2 Å². The highest BCUT2D eigenvalue weighted by molar-refractivity contribution is 6.31. The van der Waals surface area contributed by atoms with Gasteiger partial charge in [-0.3, -0.25) is 4.79 Å². The highest BCUT2D eigenvalue weighted by Crippen LogP contribution is 2.18. The molecule has 1 rings (SSSR count). The third-order valence-corrected chi connectivity index (χ3v) is 2.65. The number of ether oxygens (including phenoxy) is 2. The normalized spacial score (nSPS) is 10.1. The van der Waals surface area contributed by atoms with Gasteiger partial charge >= 0.3 is 5.97 Å². The van der Waals surface area contributed by atoms with Gasteiger partial charge in [-0.2, -0.15) is 0 Å². The van der Waals surface area contributed by atoms with Crippen LogP contribution < -0.4 is 11.1 Å². The summed E-state index contributed by atoms with van der Waals surface area (Å²) in [5.74, 6) is -1.06. The molecule has 20 heavy (non-hydrogen) atoms. The monoisotopic (exact) mass is 300 g/mol. The molecule has 0 heterocycles. The van der Waals surface area contributed by atoms with Crippen LogP contribution in [0.5, 0.6) is 0 Å². The minimum Gasteiger partial charge on any atom is -0.452 e. The first-order valence-corrected chi connectivity index (χ1v) is 6.40. The molecule has 1 aromatic rings. The summed E-state index contributed by atoms with van der Waals surface area (Å²) in [7, 11) is 1.58. The standard InChI is InChI=1S/C13H17ClN2O4/c1-19-6-2-5-16-12(17)8-20-13(18)10-7-9(14)3-4-11(10)15/h3-4,7H,2,5-6,8,15H2,1H3,(H,16,17). The topological polar surface area (TPSA) is 90.6 Å². The molecule has 0 saturated heterocycles. The van der Waals surface area contributed by atoms with Crippen LogP contribution in [0.25, 0.3) is 0 Å². The molecule has 0 spiro atoms. The molecule has 0 radical (unpaired) electrons. The number of esters is 1. The van der Waals surface area contributed by atoms with Gasteiger partial charge < -0.3 is 20.5 Å². The zero-order valence-corrected chi connectivity index (χ0v) is 11.9. The van der Waals surface area contributed by atoms with E-state index in [1.165, 1.54) is 12.1 Å². The van der Waals surface area contributed by atoms with E-state index in [0.29, 0.717) is 24.6 Å². The Morgan fingerprint density at radius 2 is 2.15 bits per heavy atom. The van der Waals surface area contributed by atoms with Crippen molar-refractivity contribution in [2.45, 2.75) is 6.42 Å². The fourth-order valence-corrected chi connectivity index (χ4v) is 1.58. The van der Waals surface area contributed by atoms with Crippen molar-refractivity contribution in [2.75, 3.05) is 32.6 Å². The average Bonchev–Trinajstić information content (AvgIpc) is 2.43. The van der Waals surface area contributed by atoms with Crippen LogP contribution in [0, 0.1) is 0 Å². The lowest BCUT2D eigenvalue weighted by atomic mass is 10.2. The minimum atomic E-state index is -0.683. The number of nitrogen functional groups attached to an aromatic ring is 1. The van der Waals surface area contributed by atoms with E-state index in [2.05, 4.69) is 5.32 Å². The molecule has 6 nitrogen and oxygen atoms in total. The predicted octanol–water partition coefficient (Wildman–Crippen LogP) is 1.23. The van der Waals surface area contributed by atoms with Crippen LogP contribution in [0.2, 0.25) is 5.02 Å². The van der Waals surface area contributed by atoms with E-state index in [1.807, 2.05) is 0 Å². The van der Waals surface area contributed by atoms with Gasteiger partial charge in [0.1, 0.15) is 0 Å². The summed E-state index contributed by atoms with van der Waals surface area (Å²) in [6.45, 7) is 0.653. The lowest BCUT2D eigenvalue weighted by Gasteiger charge is -2.08. The Hall–Kier alpha value is -1.79. The van der Waals surface area contributed by atoms with Crippen molar-refractivity contribution in [3.63, 3.8) is 0 Å². The SMILES string of the molecule is COCCCNC(=O)COC(=O)c1cc(Cl)ccc1N. The molecule has 3 N–H and O–H groups in total. The Labute approximate surface area is 122 Å². The van der Waals surface area contributed by atoms with Gasteiger partial charge in [-0.25, -0.2) is 4.79 Å². The quantitative estimate of drug-likeness (QED) is 0.449. The highest BCUT2D eigenvalue weighted by Gasteiger charge is 2.13. The molecule has 1 amide bonds. The van der Waals surface area contributed by atoms with E-state index in [-0.39, 0.29) is 23.8 Å². The van der Waals surface area contributed by atoms with Crippen molar-refractivity contribution in [1.82, 2.24) is 5.32 Å². The van der Waals surface area contributed by atoms with Crippen LogP contribution in [-0.2, 0) is 14.3 Å². The maximum Gasteiger partial charge on any atom is 0.340 e. The molecule has 0 aliphatic heterocycles. The fraction of sp³-hybridized carbons (Fsp3) is 0.385. The number of nitrogens with two attached hydrogens (primary N) is 1. The van der Waals surface area contributed by atoms with E-state index in [4.69, 9.17) is 26.8 Å². The first-order valence-electron chi connectivity index (χ1n) is 6.02. The van der Waals surface area contributed by atoms with Gasteiger partial charge in [0, 0.05) is 31.0 Å². The Morgan fingerprint density at radius 3 is 2.85 bits per heavy atom. The number of halogens is 1. The summed E-state index contributed by atoms with van der Waals surface area (Å²) < 4.78 is 9.70. The minimum absolute atomic E-state index is 0.143. The number of carbonyl (C=O) groups is 2. The largest absolute Gasteiger partial charge is 0.452 e. The number of rotatable bonds is 7. The molecule has 0 aliphatic rings. The summed E-state index contributed by atoms with van der Waals surface area (Å²) in [5, 5.41) is 2.97. The Kier molecular flexibility index (Phi) is 6.83. The molecule has 1 aromatic carbocycles. The van der Waals surface area contributed by atoms with Crippen molar-refractivity contribution in [1.29, 1.82) is 0 Å². The van der Waals surface area contributed by atoms with Crippen molar-refractivity contribution in [2.24, 2.45) is 0 Å². The zero-order valence-electron chi connectivity index (χ0n) is 11.1. The first-order chi connectivity index (χ1) is 9.54. The van der Waals surface area contributed by atoms with Gasteiger partial charge in [0.05, 0.1) is 5.56 Å². The maximum absolute atomic E-state index is 11.7. The smallest absolute Gasteiger partial charge is 0.340 e. The van der Waals surface area contributed by atoms with Gasteiger partial charge in [0.15, 0.2) is 6.61 Å². The Bertz CT molecular complexity index is 479. The van der Waals surface area contributed by atoms with E-state index >= 15 is 0 Å². The van der Waals surface area contributed by atoms with Gasteiger partial charge in [0.2, 0.25) is 0 Å². The predicted molar refractivity (Wildman–Crippen MR) is 75.6 cm³/mol. The molecular formula is C13H17ClN2O4. The number of nitrogens with one attached hydrogen (secondary N) is 1. The van der Waals surface area contributed by atoms with Gasteiger partial charge in [-0.15, -0.1) is 0 Å². The molecular weight excluding hydrogens is 284 g/mol. The molecule has 0 aliphatic carbocycles. The average molecular weight is 301 g/mol. The van der Waals surface area contributed by atoms with Crippen LogP contribution in [0.3, 0.4) is 0 Å². The molecule has 110 valence electrons. The molecule has 7 heteroatoms. The summed E-state index contributed by atoms with van der Waals surface area (Å²) in [6.07, 6.45) is 0.692. The van der Waals surface area contributed by atoms with E-state index in [0.717, 1.165) is 0 Å². The number of carbonyl (C=O) groups excluding carboxylic acids is 2. The fourth-order valence-electron chi connectivity index (χ4n) is 1.41. The van der Waals surface area contributed by atoms with Crippen molar-refractivity contribution in [3.05, 3.63) is 28.8 Å². The van der Waals surface area contributed by atoms with Crippen molar-refractivity contribution in [3.8, 4) is 0 Å². The number of amides is 1. The van der Waals surface area contributed by atoms with Crippen LogP contribution in [0.15, 0.2) is 18.2 Å². The van der Waals surface area contributed by atoms with E-state index < -0.39 is 5.97 Å². The number of benzene rings is 1. The number of anilines is 1. The van der Waals surface area contributed by atoms with E-state index in [9.17, 15) is 9.59 Å². The summed E-state index contributed by atoms with van der Waals surface area (Å²) in [5.41, 5.74) is 6.03. The second-order valence-corrected chi connectivity index (χ2v) is 4.44. The molecule has 0 bridgehead atoms. The third-order valence-electron chi connectivity index (χ3n) is 2.42. The molecule has 0 atom stereocenters. The lowest BCUT2D eigenvalue weighted by molar-refractivity contribution is -0.124. The Balaban J connectivity index is 2.39. The van der Waals surface area contributed by atoms with E-state index in [1.54, 1.807) is 13.2 Å². The molecule has 0 aromatic heterocycles. The highest BCUT2D eigenvalue weighted by atomic mass is 35.5. The summed E-state index contributed by atoms with van der Waals surface area (Å²) in [6, 6.07) is 4.47. The van der Waals surface area contributed by atoms with Crippen LogP contribution in [0.4, 0.5) is 5.69 Å². The third kappa shape index (κ3) is 5.46. The molecule has 0 fully saturated rings. The number of hydrogen-bond acceptors (Lipinski definition) is 5. The van der Waals surface area contributed by atoms with Crippen LogP contribution in [0.1, 0.15) is 16.8 Å². The number of methoxy groups -OCH3 is 1. The van der Waals surface area contributed by atoms with Crippen LogP contribution in [-0.4, -0.2) is 38.7 Å². The first kappa shape index (κ1) is 16.3. The Morgan fingerprint density at radius 1 is 1.40 bits per heavy atom. The summed E-state index contributed by atoms with van der Waals surface area (Å²) in [4.78, 5) is 23.1. The van der Waals surface area contributed by atoms with Crippen molar-refractivity contribution < 1.29 is 19.1 Å². The summed E-state index contributed by atoms with van der Waals surface area (Å²) >= 11 is 5.77. The molecule has 0 saturated carbocycles. The van der Waals surface area contributed by atoms with Gasteiger partial charge in [-0.1, -0.05) is 11.6 Å². The second kappa shape index (κ2) is 8.39. The molecule has 0 unspecified atom stereocenters. The zero-order chi connectivity index (χ0) is 15.0. The van der Waals surface area contributed by atoms with Gasteiger partial charge in [-0.05, 0) is 24.6 Å². The van der Waals surface area contributed by atoms with Gasteiger partial charge in [0.25, 0.3) is 5.91 Å². The second-order valence-electron chi connectivity index (χ2n) is 4.00. The van der Waals surface area contributed by atoms with Crippen LogP contribution >= 0.6 is 11.6 Å². The lowest BCUT2D eigenvalue weighted by Crippen LogP contribution is -2.30.